The molecule has 1 heterocycles. The van der Waals surface area contributed by atoms with Crippen LogP contribution in [-0.4, -0.2) is 6.54 Å². The van der Waals surface area contributed by atoms with Crippen molar-refractivity contribution in [3.05, 3.63) is 33.6 Å². The molecule has 1 aromatic rings. The molecule has 0 saturated heterocycles. The van der Waals surface area contributed by atoms with Crippen molar-refractivity contribution in [2.75, 3.05) is 11.9 Å². The maximum Gasteiger partial charge on any atom is 0.190 e. The lowest BCUT2D eigenvalue weighted by atomic mass is 9.87. The summed E-state index contributed by atoms with van der Waals surface area (Å²) >= 11 is 3.53. The molecule has 0 aliphatic carbocycles. The molecule has 72 valence electrons. The lowest BCUT2D eigenvalue weighted by Gasteiger charge is -2.18. The number of anilines is 1. The molecule has 1 aliphatic rings. The third kappa shape index (κ3) is 1.31. The SMILES string of the molecule is [C-]#[N+]c1cc(Br)c2c(c1)NCC2(C)C. The van der Waals surface area contributed by atoms with Crippen LogP contribution in [0.2, 0.25) is 0 Å². The first-order valence-electron chi connectivity index (χ1n) is 4.50. The monoisotopic (exact) mass is 250 g/mol. The first-order valence-corrected chi connectivity index (χ1v) is 5.29. The average Bonchev–Trinajstić information content (AvgIpc) is 2.42. The molecule has 3 heteroatoms. The quantitative estimate of drug-likeness (QED) is 0.695. The second-order valence-corrected chi connectivity index (χ2v) is 5.05. The van der Waals surface area contributed by atoms with E-state index < -0.39 is 0 Å². The highest BCUT2D eigenvalue weighted by molar-refractivity contribution is 9.10. The van der Waals surface area contributed by atoms with Crippen molar-refractivity contribution < 1.29 is 0 Å². The fourth-order valence-corrected chi connectivity index (χ4v) is 2.87. The summed E-state index contributed by atoms with van der Waals surface area (Å²) < 4.78 is 1.04. The van der Waals surface area contributed by atoms with E-state index in [4.69, 9.17) is 6.57 Å². The highest BCUT2D eigenvalue weighted by Crippen LogP contribution is 2.43. The Kier molecular flexibility index (Phi) is 2.04. The van der Waals surface area contributed by atoms with Crippen molar-refractivity contribution in [1.82, 2.24) is 0 Å². The van der Waals surface area contributed by atoms with Gasteiger partial charge in [-0.05, 0) is 17.7 Å². The maximum atomic E-state index is 6.98. The van der Waals surface area contributed by atoms with Gasteiger partial charge in [0.15, 0.2) is 5.69 Å². The van der Waals surface area contributed by atoms with Gasteiger partial charge in [0.05, 0.1) is 6.57 Å². The molecule has 0 atom stereocenters. The first-order chi connectivity index (χ1) is 6.54. The number of fused-ring (bicyclic) bond motifs is 1. The lowest BCUT2D eigenvalue weighted by Crippen LogP contribution is -2.19. The van der Waals surface area contributed by atoms with Crippen molar-refractivity contribution >= 4 is 27.3 Å². The zero-order valence-corrected chi connectivity index (χ0v) is 9.77. The van der Waals surface area contributed by atoms with Gasteiger partial charge in [-0.3, -0.25) is 0 Å². The van der Waals surface area contributed by atoms with Crippen LogP contribution < -0.4 is 5.32 Å². The fraction of sp³-hybridized carbons (Fsp3) is 0.364. The fourth-order valence-electron chi connectivity index (χ4n) is 1.89. The Morgan fingerprint density at radius 2 is 2.21 bits per heavy atom. The van der Waals surface area contributed by atoms with Crippen molar-refractivity contribution in [2.24, 2.45) is 0 Å². The van der Waals surface area contributed by atoms with Gasteiger partial charge in [-0.2, -0.15) is 0 Å². The summed E-state index contributed by atoms with van der Waals surface area (Å²) in [5.41, 5.74) is 3.20. The predicted octanol–water partition coefficient (Wildman–Crippen LogP) is 3.70. The molecule has 0 fully saturated rings. The van der Waals surface area contributed by atoms with Gasteiger partial charge in [0, 0.05) is 22.1 Å². The molecular formula is C11H11BrN2. The van der Waals surface area contributed by atoms with E-state index in [1.54, 1.807) is 0 Å². The number of rotatable bonds is 0. The number of hydrogen-bond donors (Lipinski definition) is 1. The highest BCUT2D eigenvalue weighted by atomic mass is 79.9. The summed E-state index contributed by atoms with van der Waals surface area (Å²) in [4.78, 5) is 3.44. The molecule has 2 rings (SSSR count). The Balaban J connectivity index is 2.65. The minimum Gasteiger partial charge on any atom is -0.385 e. The van der Waals surface area contributed by atoms with Crippen LogP contribution >= 0.6 is 15.9 Å². The average molecular weight is 251 g/mol. The van der Waals surface area contributed by atoms with Gasteiger partial charge < -0.3 is 5.32 Å². The third-order valence-corrected chi connectivity index (χ3v) is 3.23. The lowest BCUT2D eigenvalue weighted by molar-refractivity contribution is 0.584. The molecule has 0 aromatic heterocycles. The Bertz CT molecular complexity index is 430. The Morgan fingerprint density at radius 3 is 2.86 bits per heavy atom. The number of hydrogen-bond acceptors (Lipinski definition) is 1. The zero-order chi connectivity index (χ0) is 10.3. The molecule has 0 unspecified atom stereocenters. The molecular weight excluding hydrogens is 240 g/mol. The Labute approximate surface area is 92.3 Å². The van der Waals surface area contributed by atoms with Gasteiger partial charge in [0.25, 0.3) is 0 Å². The summed E-state index contributed by atoms with van der Waals surface area (Å²) in [5.74, 6) is 0. The van der Waals surface area contributed by atoms with Crippen LogP contribution in [0.4, 0.5) is 11.4 Å². The van der Waals surface area contributed by atoms with Crippen LogP contribution in [0.15, 0.2) is 16.6 Å². The normalized spacial score (nSPS) is 17.0. The van der Waals surface area contributed by atoms with E-state index in [2.05, 4.69) is 39.9 Å². The summed E-state index contributed by atoms with van der Waals surface area (Å²) in [5, 5.41) is 3.33. The van der Waals surface area contributed by atoms with Gasteiger partial charge in [-0.15, -0.1) is 0 Å². The number of halogens is 1. The molecule has 0 bridgehead atoms. The van der Waals surface area contributed by atoms with Gasteiger partial charge >= 0.3 is 0 Å². The van der Waals surface area contributed by atoms with Gasteiger partial charge in [-0.1, -0.05) is 29.8 Å². The van der Waals surface area contributed by atoms with E-state index in [0.29, 0.717) is 5.69 Å². The minimum absolute atomic E-state index is 0.148. The van der Waals surface area contributed by atoms with E-state index in [-0.39, 0.29) is 5.41 Å². The zero-order valence-electron chi connectivity index (χ0n) is 8.19. The number of nitrogens with zero attached hydrogens (tertiary/aromatic N) is 1. The van der Waals surface area contributed by atoms with Crippen LogP contribution in [0.25, 0.3) is 4.85 Å². The molecule has 0 spiro atoms. The molecule has 14 heavy (non-hydrogen) atoms. The molecule has 0 radical (unpaired) electrons. The second kappa shape index (κ2) is 2.99. The Morgan fingerprint density at radius 1 is 1.50 bits per heavy atom. The van der Waals surface area contributed by atoms with E-state index >= 15 is 0 Å². The van der Waals surface area contributed by atoms with Crippen LogP contribution in [0, 0.1) is 6.57 Å². The van der Waals surface area contributed by atoms with Crippen LogP contribution in [-0.2, 0) is 5.41 Å². The standard InChI is InChI=1S/C11H11BrN2/c1-11(2)6-14-9-5-7(13-3)4-8(12)10(9)11/h4-5,14H,6H2,1-2H3. The van der Waals surface area contributed by atoms with E-state index in [9.17, 15) is 0 Å². The summed E-state index contributed by atoms with van der Waals surface area (Å²) in [7, 11) is 0. The maximum absolute atomic E-state index is 6.98. The smallest absolute Gasteiger partial charge is 0.190 e. The van der Waals surface area contributed by atoms with Gasteiger partial charge in [0.2, 0.25) is 0 Å². The van der Waals surface area contributed by atoms with Crippen LogP contribution in [0.1, 0.15) is 19.4 Å². The van der Waals surface area contributed by atoms with E-state index in [1.807, 2.05) is 12.1 Å². The molecule has 1 aromatic carbocycles. The van der Waals surface area contributed by atoms with Gasteiger partial charge in [-0.25, -0.2) is 4.85 Å². The second-order valence-electron chi connectivity index (χ2n) is 4.20. The predicted molar refractivity (Wildman–Crippen MR) is 61.9 cm³/mol. The van der Waals surface area contributed by atoms with Gasteiger partial charge in [0.1, 0.15) is 0 Å². The van der Waals surface area contributed by atoms with Crippen LogP contribution in [0.3, 0.4) is 0 Å². The summed E-state index contributed by atoms with van der Waals surface area (Å²) in [6.45, 7) is 12.3. The van der Waals surface area contributed by atoms with Crippen LogP contribution in [0.5, 0.6) is 0 Å². The molecule has 0 saturated carbocycles. The van der Waals surface area contributed by atoms with Crippen molar-refractivity contribution in [3.8, 4) is 0 Å². The Hall–Kier alpha value is -1.01. The minimum atomic E-state index is 0.148. The number of nitrogens with one attached hydrogen (secondary N) is 1. The third-order valence-electron chi connectivity index (χ3n) is 2.60. The number of benzene rings is 1. The van der Waals surface area contributed by atoms with Crippen molar-refractivity contribution in [2.45, 2.75) is 19.3 Å². The largest absolute Gasteiger partial charge is 0.385 e. The molecule has 1 aliphatic heterocycles. The summed E-state index contributed by atoms with van der Waals surface area (Å²) in [6.07, 6.45) is 0. The molecule has 2 nitrogen and oxygen atoms in total. The topological polar surface area (TPSA) is 16.4 Å². The van der Waals surface area contributed by atoms with E-state index in [1.165, 1.54) is 5.56 Å². The van der Waals surface area contributed by atoms with Crippen molar-refractivity contribution in [1.29, 1.82) is 0 Å². The van der Waals surface area contributed by atoms with E-state index in [0.717, 1.165) is 16.7 Å². The van der Waals surface area contributed by atoms with Crippen molar-refractivity contribution in [3.63, 3.8) is 0 Å². The molecule has 1 N–H and O–H groups in total. The highest BCUT2D eigenvalue weighted by Gasteiger charge is 2.31. The summed E-state index contributed by atoms with van der Waals surface area (Å²) in [6, 6.07) is 3.81. The first kappa shape index (κ1) is 9.54. The molecule has 0 amide bonds.